The Kier molecular flexibility index (Phi) is 22.0. The van der Waals surface area contributed by atoms with Crippen LogP contribution in [0.2, 0.25) is 0 Å². The van der Waals surface area contributed by atoms with Crippen LogP contribution in [-0.2, 0) is 30.3 Å². The summed E-state index contributed by atoms with van der Waals surface area (Å²) in [6.45, 7) is 6.65. The van der Waals surface area contributed by atoms with Crippen molar-refractivity contribution in [2.24, 2.45) is 5.92 Å². The second-order valence-electron chi connectivity index (χ2n) is 12.1. The van der Waals surface area contributed by atoms with E-state index in [9.17, 15) is 14.0 Å². The lowest BCUT2D eigenvalue weighted by Gasteiger charge is -2.34. The van der Waals surface area contributed by atoms with Crippen LogP contribution in [0.3, 0.4) is 0 Å². The van der Waals surface area contributed by atoms with Crippen LogP contribution in [0.15, 0.2) is 24.3 Å². The summed E-state index contributed by atoms with van der Waals surface area (Å²) in [5.41, 5.74) is 0.788. The number of carbonyl (C=O) groups excluding carboxylic acids is 2. The number of hydrogen-bond acceptors (Lipinski definition) is 5. The highest BCUT2D eigenvalue weighted by Crippen LogP contribution is 2.20. The summed E-state index contributed by atoms with van der Waals surface area (Å²) in [6, 6.07) is 5.46. The molecule has 8 heteroatoms. The van der Waals surface area contributed by atoms with Crippen molar-refractivity contribution in [3.05, 3.63) is 35.6 Å². The Morgan fingerprint density at radius 1 is 0.791 bits per heavy atom. The Labute approximate surface area is 261 Å². The van der Waals surface area contributed by atoms with Gasteiger partial charge in [0.25, 0.3) is 0 Å². The van der Waals surface area contributed by atoms with Gasteiger partial charge in [0, 0.05) is 47.3 Å². The lowest BCUT2D eigenvalue weighted by molar-refractivity contribution is -0.144. The molecule has 0 fully saturated rings. The average Bonchev–Trinajstić information content (AvgIpc) is 3.00. The van der Waals surface area contributed by atoms with Crippen molar-refractivity contribution in [2.45, 2.75) is 142 Å². The smallest absolute Gasteiger partial charge is 0.243 e. The predicted octanol–water partition coefficient (Wildman–Crippen LogP) is 7.80. The fraction of sp³-hybridized carbons (Fsp3) is 0.771. The van der Waals surface area contributed by atoms with Crippen LogP contribution in [0.5, 0.6) is 0 Å². The van der Waals surface area contributed by atoms with Crippen molar-refractivity contribution in [1.82, 2.24) is 10.2 Å². The zero-order valence-electron chi connectivity index (χ0n) is 28.0. The highest BCUT2D eigenvalue weighted by atomic mass is 19.1. The molecule has 2 atom stereocenters. The van der Waals surface area contributed by atoms with Crippen LogP contribution in [-0.4, -0.2) is 63.0 Å². The number of nitrogens with zero attached hydrogens (tertiary/aromatic N) is 1. The van der Waals surface area contributed by atoms with Gasteiger partial charge in [-0.15, -0.1) is 0 Å². The van der Waals surface area contributed by atoms with Crippen molar-refractivity contribution in [2.75, 3.05) is 27.9 Å². The summed E-state index contributed by atoms with van der Waals surface area (Å²) in [5.74, 6) is -0.738. The van der Waals surface area contributed by atoms with Crippen LogP contribution in [0.1, 0.15) is 123 Å². The number of unbranched alkanes of at least 4 members (excludes halogenated alkanes) is 12. The van der Waals surface area contributed by atoms with Gasteiger partial charge in [0.2, 0.25) is 11.8 Å². The third kappa shape index (κ3) is 17.1. The fourth-order valence-corrected chi connectivity index (χ4v) is 5.46. The quantitative estimate of drug-likeness (QED) is 0.0858. The highest BCUT2D eigenvalue weighted by molar-refractivity contribution is 5.88. The first kappa shape index (κ1) is 39.0. The monoisotopic (exact) mass is 608 g/mol. The lowest BCUT2D eigenvalue weighted by atomic mass is 9.99. The van der Waals surface area contributed by atoms with Crippen molar-refractivity contribution in [1.29, 1.82) is 0 Å². The van der Waals surface area contributed by atoms with Gasteiger partial charge in [-0.05, 0) is 30.0 Å². The second-order valence-corrected chi connectivity index (χ2v) is 12.1. The Balaban J connectivity index is 2.68. The van der Waals surface area contributed by atoms with Crippen LogP contribution in [0.25, 0.3) is 0 Å². The topological polar surface area (TPSA) is 77.1 Å². The molecule has 1 rings (SSSR count). The number of nitrogens with one attached hydrogen (secondary N) is 1. The lowest BCUT2D eigenvalue weighted by Crippen LogP contribution is -2.53. The van der Waals surface area contributed by atoms with Crippen LogP contribution >= 0.6 is 0 Å². The number of rotatable bonds is 26. The molecule has 0 aliphatic heterocycles. The van der Waals surface area contributed by atoms with Crippen LogP contribution in [0, 0.1) is 11.7 Å². The zero-order valence-corrected chi connectivity index (χ0v) is 28.0. The molecule has 248 valence electrons. The normalized spacial score (nSPS) is 13.0. The molecule has 0 heterocycles. The van der Waals surface area contributed by atoms with E-state index in [0.717, 1.165) is 24.8 Å². The Morgan fingerprint density at radius 3 is 1.77 bits per heavy atom. The number of benzene rings is 1. The third-order valence-corrected chi connectivity index (χ3v) is 8.14. The largest absolute Gasteiger partial charge is 0.379 e. The van der Waals surface area contributed by atoms with Gasteiger partial charge in [-0.25, -0.2) is 4.39 Å². The molecule has 0 saturated heterocycles. The SMILES string of the molecule is CCCCCCCCCCCCCCCC(=O)N(Cc1ccc(F)cc1)C(C(=O)NCC(CC(OC)OC)OC)C(C)C. The molecule has 0 saturated carbocycles. The molecule has 1 aromatic rings. The maximum atomic E-state index is 13.6. The number of amides is 2. The molecule has 43 heavy (non-hydrogen) atoms. The molecular weight excluding hydrogens is 547 g/mol. The highest BCUT2D eigenvalue weighted by Gasteiger charge is 2.32. The summed E-state index contributed by atoms with van der Waals surface area (Å²) in [6.07, 6.45) is 16.2. The summed E-state index contributed by atoms with van der Waals surface area (Å²) < 4.78 is 29.7. The Hall–Kier alpha value is -2.03. The van der Waals surface area contributed by atoms with E-state index in [4.69, 9.17) is 14.2 Å². The molecule has 0 radical (unpaired) electrons. The van der Waals surface area contributed by atoms with Crippen molar-refractivity contribution < 1.29 is 28.2 Å². The van der Waals surface area contributed by atoms with Crippen molar-refractivity contribution >= 4 is 11.8 Å². The first-order valence-electron chi connectivity index (χ1n) is 16.7. The van der Waals surface area contributed by atoms with E-state index in [1.807, 2.05) is 13.8 Å². The minimum absolute atomic E-state index is 0.0524. The number of hydrogen-bond donors (Lipinski definition) is 1. The molecule has 0 bridgehead atoms. The van der Waals surface area contributed by atoms with E-state index in [2.05, 4.69) is 12.2 Å². The molecule has 2 amide bonds. The van der Waals surface area contributed by atoms with Crippen molar-refractivity contribution in [3.8, 4) is 0 Å². The Bertz CT molecular complexity index is 847. The van der Waals surface area contributed by atoms with Gasteiger partial charge >= 0.3 is 0 Å². The molecular formula is C35H61FN2O5. The maximum absolute atomic E-state index is 13.6. The second kappa shape index (κ2) is 24.3. The van der Waals surface area contributed by atoms with E-state index in [1.165, 1.54) is 76.3 Å². The van der Waals surface area contributed by atoms with Gasteiger partial charge in [0.15, 0.2) is 6.29 Å². The molecule has 0 aliphatic rings. The average molecular weight is 609 g/mol. The Morgan fingerprint density at radius 2 is 1.30 bits per heavy atom. The van der Waals surface area contributed by atoms with Crippen molar-refractivity contribution in [3.63, 3.8) is 0 Å². The minimum atomic E-state index is -0.669. The minimum Gasteiger partial charge on any atom is -0.379 e. The molecule has 0 aromatic heterocycles. The van der Waals surface area contributed by atoms with Gasteiger partial charge in [-0.3, -0.25) is 9.59 Å². The number of carbonyl (C=O) groups is 2. The van der Waals surface area contributed by atoms with Gasteiger partial charge in [0.05, 0.1) is 6.10 Å². The first-order valence-corrected chi connectivity index (χ1v) is 16.7. The van der Waals surface area contributed by atoms with E-state index in [0.29, 0.717) is 12.8 Å². The van der Waals surface area contributed by atoms with Gasteiger partial charge in [0.1, 0.15) is 11.9 Å². The molecule has 1 aromatic carbocycles. The van der Waals surface area contributed by atoms with E-state index in [-0.39, 0.29) is 42.7 Å². The standard InChI is InChI=1S/C35H61FN2O5/c1-7-8-9-10-11-12-13-14-15-16-17-18-19-20-32(39)38(27-29-21-23-30(36)24-22-29)34(28(2)3)35(40)37-26-31(41-4)25-33(42-5)43-6/h21-24,28,31,33-34H,7-20,25-27H2,1-6H3,(H,37,40). The zero-order chi connectivity index (χ0) is 31.9. The van der Waals surface area contributed by atoms with Gasteiger partial charge in [-0.2, -0.15) is 0 Å². The maximum Gasteiger partial charge on any atom is 0.243 e. The van der Waals surface area contributed by atoms with E-state index in [1.54, 1.807) is 38.4 Å². The fourth-order valence-electron chi connectivity index (χ4n) is 5.46. The van der Waals surface area contributed by atoms with E-state index >= 15 is 0 Å². The van der Waals surface area contributed by atoms with E-state index < -0.39 is 12.3 Å². The summed E-state index contributed by atoms with van der Waals surface area (Å²) in [7, 11) is 4.70. The number of methoxy groups -OCH3 is 3. The summed E-state index contributed by atoms with van der Waals surface area (Å²) >= 11 is 0. The van der Waals surface area contributed by atoms with Crippen LogP contribution < -0.4 is 5.32 Å². The van der Waals surface area contributed by atoms with Crippen LogP contribution in [0.4, 0.5) is 4.39 Å². The molecule has 2 unspecified atom stereocenters. The molecule has 1 N–H and O–H groups in total. The summed E-state index contributed by atoms with van der Waals surface area (Å²) in [5, 5.41) is 2.99. The first-order chi connectivity index (χ1) is 20.8. The molecule has 7 nitrogen and oxygen atoms in total. The summed E-state index contributed by atoms with van der Waals surface area (Å²) in [4.78, 5) is 28.8. The third-order valence-electron chi connectivity index (χ3n) is 8.14. The predicted molar refractivity (Wildman–Crippen MR) is 172 cm³/mol. The van der Waals surface area contributed by atoms with Gasteiger partial charge in [-0.1, -0.05) is 110 Å². The van der Waals surface area contributed by atoms with Gasteiger partial charge < -0.3 is 24.4 Å². The number of halogens is 1. The molecule has 0 spiro atoms. The number of ether oxygens (including phenoxy) is 3. The molecule has 0 aliphatic carbocycles.